The molecule has 3 nitrogen and oxygen atoms in total. The van der Waals surface area contributed by atoms with Gasteiger partial charge in [0.2, 0.25) is 0 Å². The van der Waals surface area contributed by atoms with E-state index in [-0.39, 0.29) is 5.60 Å². The first-order valence-electron chi connectivity index (χ1n) is 5.12. The fourth-order valence-corrected chi connectivity index (χ4v) is 2.35. The zero-order valence-electron chi connectivity index (χ0n) is 9.41. The van der Waals surface area contributed by atoms with Crippen molar-refractivity contribution in [2.75, 3.05) is 6.61 Å². The molecule has 82 valence electrons. The Kier molecular flexibility index (Phi) is 4.25. The first kappa shape index (κ1) is 12.2. The lowest BCUT2D eigenvalue weighted by molar-refractivity contribution is -0.0325. The van der Waals surface area contributed by atoms with Crippen LogP contribution in [0.3, 0.4) is 0 Å². The predicted molar refractivity (Wildman–Crippen MR) is 60.7 cm³/mol. The van der Waals surface area contributed by atoms with Gasteiger partial charge in [0.15, 0.2) is 0 Å². The maximum atomic E-state index is 8.58. The van der Waals surface area contributed by atoms with Gasteiger partial charge in [-0.3, -0.25) is 0 Å². The first-order chi connectivity index (χ1) is 7.16. The molecule has 0 saturated heterocycles. The third-order valence-electron chi connectivity index (χ3n) is 2.40. The van der Waals surface area contributed by atoms with Crippen molar-refractivity contribution in [3.05, 3.63) is 16.1 Å². The van der Waals surface area contributed by atoms with Crippen LogP contribution < -0.4 is 0 Å². The molecule has 0 fully saturated rings. The molecular weight excluding hydrogens is 208 g/mol. The van der Waals surface area contributed by atoms with E-state index >= 15 is 0 Å². The summed E-state index contributed by atoms with van der Waals surface area (Å²) in [6, 6.07) is 2.10. The number of rotatable bonds is 5. The quantitative estimate of drug-likeness (QED) is 0.772. The molecule has 0 aliphatic heterocycles. The summed E-state index contributed by atoms with van der Waals surface area (Å²) in [5.41, 5.74) is 0.546. The molecule has 1 unspecified atom stereocenters. The Hall–Kier alpha value is -0.920. The molecule has 0 amide bonds. The van der Waals surface area contributed by atoms with E-state index in [1.807, 2.05) is 19.2 Å². The molecule has 1 rings (SSSR count). The summed E-state index contributed by atoms with van der Waals surface area (Å²) in [5, 5.41) is 11.5. The van der Waals surface area contributed by atoms with Crippen molar-refractivity contribution in [1.29, 1.82) is 5.26 Å². The van der Waals surface area contributed by atoms with Crippen LogP contribution in [0.15, 0.2) is 5.38 Å². The van der Waals surface area contributed by atoms with E-state index in [0.717, 1.165) is 17.1 Å². The standard InChI is InChI=1S/C11H16N2OS/c1-4-11(3,14-5-2)10-13-9(6-7-12)8-15-10/h8H,4-6H2,1-3H3. The SMILES string of the molecule is CCOC(C)(CC)c1nc(CC#N)cs1. The van der Waals surface area contributed by atoms with Crippen molar-refractivity contribution in [3.63, 3.8) is 0 Å². The summed E-state index contributed by atoms with van der Waals surface area (Å²) in [6.07, 6.45) is 1.27. The lowest BCUT2D eigenvalue weighted by Crippen LogP contribution is -2.24. The Balaban J connectivity index is 2.88. The highest BCUT2D eigenvalue weighted by Gasteiger charge is 2.28. The van der Waals surface area contributed by atoms with Gasteiger partial charge in [0.1, 0.15) is 10.6 Å². The van der Waals surface area contributed by atoms with Gasteiger partial charge in [-0.25, -0.2) is 4.98 Å². The molecule has 15 heavy (non-hydrogen) atoms. The van der Waals surface area contributed by atoms with Gasteiger partial charge in [-0.05, 0) is 20.3 Å². The number of thiazole rings is 1. The van der Waals surface area contributed by atoms with Gasteiger partial charge >= 0.3 is 0 Å². The second-order valence-corrected chi connectivity index (χ2v) is 4.35. The van der Waals surface area contributed by atoms with Crippen molar-refractivity contribution >= 4 is 11.3 Å². The maximum Gasteiger partial charge on any atom is 0.125 e. The van der Waals surface area contributed by atoms with Crippen LogP contribution in [0.4, 0.5) is 0 Å². The van der Waals surface area contributed by atoms with Crippen LogP contribution in [-0.2, 0) is 16.8 Å². The van der Waals surface area contributed by atoms with Gasteiger partial charge in [0, 0.05) is 12.0 Å². The molecule has 4 heteroatoms. The summed E-state index contributed by atoms with van der Waals surface area (Å²) in [7, 11) is 0. The zero-order chi connectivity index (χ0) is 11.3. The van der Waals surface area contributed by atoms with Crippen LogP contribution in [0.25, 0.3) is 0 Å². The molecule has 1 atom stereocenters. The molecular formula is C11H16N2OS. The van der Waals surface area contributed by atoms with Crippen molar-refractivity contribution in [1.82, 2.24) is 4.98 Å². The van der Waals surface area contributed by atoms with Crippen LogP contribution in [0.2, 0.25) is 0 Å². The summed E-state index contributed by atoms with van der Waals surface area (Å²) in [5.74, 6) is 0. The number of nitriles is 1. The Morgan fingerprint density at radius 2 is 2.33 bits per heavy atom. The normalized spacial score (nSPS) is 14.5. The van der Waals surface area contributed by atoms with Crippen molar-refractivity contribution < 1.29 is 4.74 Å². The van der Waals surface area contributed by atoms with Gasteiger partial charge in [-0.15, -0.1) is 11.3 Å². The van der Waals surface area contributed by atoms with Crippen LogP contribution in [0.5, 0.6) is 0 Å². The summed E-state index contributed by atoms with van der Waals surface area (Å²) < 4.78 is 5.72. The number of hydrogen-bond donors (Lipinski definition) is 0. The van der Waals surface area contributed by atoms with Gasteiger partial charge < -0.3 is 4.74 Å². The van der Waals surface area contributed by atoms with E-state index in [1.54, 1.807) is 11.3 Å². The fraction of sp³-hybridized carbons (Fsp3) is 0.636. The maximum absolute atomic E-state index is 8.58. The first-order valence-corrected chi connectivity index (χ1v) is 6.00. The lowest BCUT2D eigenvalue weighted by atomic mass is 10.0. The van der Waals surface area contributed by atoms with Gasteiger partial charge in [-0.1, -0.05) is 6.92 Å². The fourth-order valence-electron chi connectivity index (χ4n) is 1.35. The molecule has 1 aromatic rings. The van der Waals surface area contributed by atoms with E-state index in [1.165, 1.54) is 0 Å². The van der Waals surface area contributed by atoms with E-state index in [4.69, 9.17) is 10.00 Å². The minimum absolute atomic E-state index is 0.298. The van der Waals surface area contributed by atoms with E-state index in [9.17, 15) is 0 Å². The van der Waals surface area contributed by atoms with Crippen LogP contribution in [0, 0.1) is 11.3 Å². The summed E-state index contributed by atoms with van der Waals surface area (Å²) in [4.78, 5) is 4.43. The third-order valence-corrected chi connectivity index (χ3v) is 3.54. The molecule has 0 aliphatic rings. The zero-order valence-corrected chi connectivity index (χ0v) is 10.2. The van der Waals surface area contributed by atoms with Crippen molar-refractivity contribution in [3.8, 4) is 6.07 Å². The van der Waals surface area contributed by atoms with Gasteiger partial charge in [0.05, 0.1) is 18.2 Å². The second-order valence-electron chi connectivity index (χ2n) is 3.50. The van der Waals surface area contributed by atoms with Crippen LogP contribution in [-0.4, -0.2) is 11.6 Å². The number of hydrogen-bond acceptors (Lipinski definition) is 4. The van der Waals surface area contributed by atoms with E-state index < -0.39 is 0 Å². The minimum Gasteiger partial charge on any atom is -0.368 e. The molecule has 0 radical (unpaired) electrons. The van der Waals surface area contributed by atoms with Crippen molar-refractivity contribution in [2.24, 2.45) is 0 Å². The molecule has 0 saturated carbocycles. The number of nitrogens with zero attached hydrogens (tertiary/aromatic N) is 2. The third kappa shape index (κ3) is 2.77. The number of ether oxygens (including phenoxy) is 1. The molecule has 0 aromatic carbocycles. The van der Waals surface area contributed by atoms with Gasteiger partial charge in [-0.2, -0.15) is 5.26 Å². The van der Waals surface area contributed by atoms with E-state index in [0.29, 0.717) is 13.0 Å². The highest BCUT2D eigenvalue weighted by Crippen LogP contribution is 2.31. The lowest BCUT2D eigenvalue weighted by Gasteiger charge is -2.25. The largest absolute Gasteiger partial charge is 0.368 e. The highest BCUT2D eigenvalue weighted by atomic mass is 32.1. The molecule has 0 bridgehead atoms. The highest BCUT2D eigenvalue weighted by molar-refractivity contribution is 7.09. The summed E-state index contributed by atoms with van der Waals surface area (Å²) >= 11 is 1.57. The Bertz CT molecular complexity index is 356. The molecule has 0 aliphatic carbocycles. The average Bonchev–Trinajstić information content (AvgIpc) is 2.68. The topological polar surface area (TPSA) is 45.9 Å². The van der Waals surface area contributed by atoms with Gasteiger partial charge in [0.25, 0.3) is 0 Å². The Morgan fingerprint density at radius 1 is 1.60 bits per heavy atom. The number of aromatic nitrogens is 1. The summed E-state index contributed by atoms with van der Waals surface area (Å²) in [6.45, 7) is 6.79. The van der Waals surface area contributed by atoms with Crippen LogP contribution in [0.1, 0.15) is 37.9 Å². The molecule has 0 spiro atoms. The Morgan fingerprint density at radius 3 is 2.87 bits per heavy atom. The minimum atomic E-state index is -0.298. The second kappa shape index (κ2) is 5.24. The predicted octanol–water partition coefficient (Wildman–Crippen LogP) is 2.87. The average molecular weight is 224 g/mol. The Labute approximate surface area is 94.7 Å². The van der Waals surface area contributed by atoms with Crippen molar-refractivity contribution in [2.45, 2.75) is 39.2 Å². The molecule has 1 heterocycles. The molecule has 1 aromatic heterocycles. The monoisotopic (exact) mass is 224 g/mol. The smallest absolute Gasteiger partial charge is 0.125 e. The van der Waals surface area contributed by atoms with Crippen LogP contribution >= 0.6 is 11.3 Å². The van der Waals surface area contributed by atoms with E-state index in [2.05, 4.69) is 18.0 Å². The molecule has 0 N–H and O–H groups in total.